The minimum atomic E-state index is -0.714. The van der Waals surface area contributed by atoms with Crippen molar-refractivity contribution in [2.45, 2.75) is 57.8 Å². The molecule has 4 nitrogen and oxygen atoms in total. The number of carbonyl (C=O) groups excluding carboxylic acids is 1. The highest BCUT2D eigenvalue weighted by Gasteiger charge is 2.44. The molecular formula is C16H22BrNO3. The molecule has 0 bridgehead atoms. The van der Waals surface area contributed by atoms with Crippen LogP contribution >= 0.6 is 15.9 Å². The first-order chi connectivity index (χ1) is 9.63. The predicted octanol–water partition coefficient (Wildman–Crippen LogP) is 3.19. The Morgan fingerprint density at radius 1 is 1.43 bits per heavy atom. The maximum atomic E-state index is 12.1. The van der Waals surface area contributed by atoms with Gasteiger partial charge in [0.15, 0.2) is 0 Å². The smallest absolute Gasteiger partial charge is 0.408 e. The van der Waals surface area contributed by atoms with Crippen molar-refractivity contribution in [1.82, 2.24) is 5.32 Å². The first-order valence-electron chi connectivity index (χ1n) is 7.08. The Morgan fingerprint density at radius 2 is 2.10 bits per heavy atom. The van der Waals surface area contributed by atoms with Crippen LogP contribution in [0.4, 0.5) is 4.79 Å². The molecule has 0 aromatic heterocycles. The Labute approximate surface area is 134 Å². The second-order valence-electron chi connectivity index (χ2n) is 6.69. The van der Waals surface area contributed by atoms with Crippen molar-refractivity contribution in [3.05, 3.63) is 33.8 Å². The zero-order chi connectivity index (χ0) is 15.8. The summed E-state index contributed by atoms with van der Waals surface area (Å²) in [6, 6.07) is 5.97. The van der Waals surface area contributed by atoms with Crippen molar-refractivity contribution >= 4 is 22.0 Å². The van der Waals surface area contributed by atoms with Crippen molar-refractivity contribution < 1.29 is 14.6 Å². The van der Waals surface area contributed by atoms with E-state index >= 15 is 0 Å². The molecule has 0 fully saturated rings. The zero-order valence-electron chi connectivity index (χ0n) is 12.9. The number of rotatable bonds is 2. The Kier molecular flexibility index (Phi) is 4.36. The number of carbonyl (C=O) groups is 1. The van der Waals surface area contributed by atoms with Gasteiger partial charge in [0, 0.05) is 4.47 Å². The van der Waals surface area contributed by atoms with Crippen LogP contribution in [0.15, 0.2) is 22.7 Å². The number of benzene rings is 1. The van der Waals surface area contributed by atoms with Gasteiger partial charge in [-0.2, -0.15) is 0 Å². The van der Waals surface area contributed by atoms with Gasteiger partial charge in [-0.3, -0.25) is 0 Å². The summed E-state index contributed by atoms with van der Waals surface area (Å²) in [6.07, 6.45) is 0.0101. The summed E-state index contributed by atoms with van der Waals surface area (Å²) in [5, 5.41) is 13.1. The predicted molar refractivity (Wildman–Crippen MR) is 85.3 cm³/mol. The lowest BCUT2D eigenvalue weighted by Crippen LogP contribution is -2.57. The molecular weight excluding hydrogens is 334 g/mol. The van der Waals surface area contributed by atoms with Crippen LogP contribution < -0.4 is 5.32 Å². The Bertz CT molecular complexity index is 551. The summed E-state index contributed by atoms with van der Waals surface area (Å²) in [5.41, 5.74) is 1.00. The molecule has 0 heterocycles. The topological polar surface area (TPSA) is 58.6 Å². The Morgan fingerprint density at radius 3 is 2.62 bits per heavy atom. The largest absolute Gasteiger partial charge is 0.444 e. The SMILES string of the molecule is CC(O)C1(NC(=O)OC(C)(C)C)Cc2cccc(Br)c2C1. The molecule has 1 aromatic carbocycles. The maximum Gasteiger partial charge on any atom is 0.408 e. The molecule has 116 valence electrons. The summed E-state index contributed by atoms with van der Waals surface area (Å²) < 4.78 is 6.34. The van der Waals surface area contributed by atoms with E-state index in [0.29, 0.717) is 12.8 Å². The summed E-state index contributed by atoms with van der Waals surface area (Å²) >= 11 is 3.54. The fourth-order valence-electron chi connectivity index (χ4n) is 2.68. The lowest BCUT2D eigenvalue weighted by Gasteiger charge is -2.34. The lowest BCUT2D eigenvalue weighted by atomic mass is 9.90. The van der Waals surface area contributed by atoms with Crippen molar-refractivity contribution in [1.29, 1.82) is 0 Å². The molecule has 0 saturated heterocycles. The third-order valence-electron chi connectivity index (χ3n) is 3.76. The Hall–Kier alpha value is -1.07. The fraction of sp³-hybridized carbons (Fsp3) is 0.562. The standard InChI is InChI=1S/C16H22BrNO3/c1-10(19)16(18-14(20)21-15(2,3)4)8-11-6-5-7-13(17)12(11)9-16/h5-7,10,19H,8-9H2,1-4H3,(H,18,20). The van der Waals surface area contributed by atoms with Crippen LogP contribution in [0.2, 0.25) is 0 Å². The number of hydrogen-bond acceptors (Lipinski definition) is 3. The van der Waals surface area contributed by atoms with E-state index in [2.05, 4.69) is 21.2 Å². The molecule has 1 aromatic rings. The number of alkyl carbamates (subject to hydrolysis) is 1. The van der Waals surface area contributed by atoms with Gasteiger partial charge in [-0.1, -0.05) is 28.1 Å². The van der Waals surface area contributed by atoms with E-state index in [1.165, 1.54) is 0 Å². The number of aliphatic hydroxyl groups is 1. The van der Waals surface area contributed by atoms with Gasteiger partial charge in [0.05, 0.1) is 11.6 Å². The average molecular weight is 356 g/mol. The number of ether oxygens (including phenoxy) is 1. The number of fused-ring (bicyclic) bond motifs is 1. The molecule has 21 heavy (non-hydrogen) atoms. The first kappa shape index (κ1) is 16.3. The number of nitrogens with one attached hydrogen (secondary N) is 1. The number of aliphatic hydroxyl groups excluding tert-OH is 1. The third kappa shape index (κ3) is 3.58. The molecule has 2 atom stereocenters. The molecule has 5 heteroatoms. The third-order valence-corrected chi connectivity index (χ3v) is 4.51. The Balaban J connectivity index is 2.22. The average Bonchev–Trinajstić information content (AvgIpc) is 2.67. The molecule has 0 spiro atoms. The molecule has 1 aliphatic carbocycles. The highest BCUT2D eigenvalue weighted by Crippen LogP contribution is 2.36. The van der Waals surface area contributed by atoms with E-state index in [4.69, 9.17) is 4.74 Å². The van der Waals surface area contributed by atoms with Crippen molar-refractivity contribution in [3.8, 4) is 0 Å². The van der Waals surface area contributed by atoms with Crippen molar-refractivity contribution in [2.75, 3.05) is 0 Å². The van der Waals surface area contributed by atoms with Crippen LogP contribution in [0.25, 0.3) is 0 Å². The maximum absolute atomic E-state index is 12.1. The van der Waals surface area contributed by atoms with Gasteiger partial charge < -0.3 is 15.2 Å². The van der Waals surface area contributed by atoms with E-state index < -0.39 is 23.3 Å². The van der Waals surface area contributed by atoms with Crippen LogP contribution in [-0.4, -0.2) is 28.4 Å². The summed E-state index contributed by atoms with van der Waals surface area (Å²) in [5.74, 6) is 0. The molecule has 0 radical (unpaired) electrons. The van der Waals surface area contributed by atoms with E-state index in [-0.39, 0.29) is 0 Å². The van der Waals surface area contributed by atoms with Gasteiger partial charge in [-0.25, -0.2) is 4.79 Å². The highest BCUT2D eigenvalue weighted by molar-refractivity contribution is 9.10. The van der Waals surface area contributed by atoms with E-state index in [1.54, 1.807) is 6.92 Å². The fourth-order valence-corrected chi connectivity index (χ4v) is 3.23. The van der Waals surface area contributed by atoms with Gasteiger partial charge in [-0.15, -0.1) is 0 Å². The van der Waals surface area contributed by atoms with Gasteiger partial charge >= 0.3 is 6.09 Å². The number of amides is 1. The van der Waals surface area contributed by atoms with Crippen LogP contribution in [-0.2, 0) is 17.6 Å². The van der Waals surface area contributed by atoms with Crippen LogP contribution in [0.1, 0.15) is 38.8 Å². The van der Waals surface area contributed by atoms with Gasteiger partial charge in [0.2, 0.25) is 0 Å². The zero-order valence-corrected chi connectivity index (χ0v) is 14.5. The molecule has 1 aliphatic rings. The summed E-state index contributed by atoms with van der Waals surface area (Å²) in [4.78, 5) is 12.1. The molecule has 0 saturated carbocycles. The van der Waals surface area contributed by atoms with Crippen LogP contribution in [0.3, 0.4) is 0 Å². The lowest BCUT2D eigenvalue weighted by molar-refractivity contribution is 0.0276. The summed E-state index contributed by atoms with van der Waals surface area (Å²) in [7, 11) is 0. The second kappa shape index (κ2) is 5.61. The van der Waals surface area contributed by atoms with Crippen molar-refractivity contribution in [3.63, 3.8) is 0 Å². The van der Waals surface area contributed by atoms with Gasteiger partial charge in [-0.05, 0) is 57.7 Å². The molecule has 2 unspecified atom stereocenters. The summed E-state index contributed by atoms with van der Waals surface area (Å²) in [6.45, 7) is 7.17. The minimum absolute atomic E-state index is 0.493. The molecule has 0 aliphatic heterocycles. The van der Waals surface area contributed by atoms with E-state index in [9.17, 15) is 9.90 Å². The van der Waals surface area contributed by atoms with E-state index in [1.807, 2.05) is 39.0 Å². The molecule has 2 N–H and O–H groups in total. The van der Waals surface area contributed by atoms with Crippen molar-refractivity contribution in [2.24, 2.45) is 0 Å². The number of halogens is 1. The normalized spacial score (nSPS) is 22.6. The highest BCUT2D eigenvalue weighted by atomic mass is 79.9. The molecule has 2 rings (SSSR count). The minimum Gasteiger partial charge on any atom is -0.444 e. The van der Waals surface area contributed by atoms with Gasteiger partial charge in [0.25, 0.3) is 0 Å². The van der Waals surface area contributed by atoms with Crippen LogP contribution in [0, 0.1) is 0 Å². The van der Waals surface area contributed by atoms with Gasteiger partial charge in [0.1, 0.15) is 5.60 Å². The quantitative estimate of drug-likeness (QED) is 0.856. The second-order valence-corrected chi connectivity index (χ2v) is 7.54. The number of hydrogen-bond donors (Lipinski definition) is 2. The first-order valence-corrected chi connectivity index (χ1v) is 7.88. The monoisotopic (exact) mass is 355 g/mol. The molecule has 1 amide bonds. The van der Waals surface area contributed by atoms with E-state index in [0.717, 1.165) is 15.6 Å². The van der Waals surface area contributed by atoms with Crippen LogP contribution in [0.5, 0.6) is 0 Å².